The SMILES string of the molecule is CCCCOCCn1nc(Br)cc1Br. The molecule has 0 N–H and O–H groups in total. The first-order valence-electron chi connectivity index (χ1n) is 4.70. The summed E-state index contributed by atoms with van der Waals surface area (Å²) in [5.74, 6) is 0. The number of hydrogen-bond acceptors (Lipinski definition) is 2. The lowest BCUT2D eigenvalue weighted by Gasteiger charge is -2.04. The lowest BCUT2D eigenvalue weighted by molar-refractivity contribution is 0.120. The fraction of sp³-hybridized carbons (Fsp3) is 0.667. The molecule has 0 radical (unpaired) electrons. The Morgan fingerprint density at radius 2 is 2.21 bits per heavy atom. The van der Waals surface area contributed by atoms with E-state index in [0.717, 1.165) is 28.8 Å². The molecule has 0 saturated heterocycles. The van der Waals surface area contributed by atoms with E-state index >= 15 is 0 Å². The first-order valence-corrected chi connectivity index (χ1v) is 6.29. The van der Waals surface area contributed by atoms with Crippen molar-refractivity contribution in [3.63, 3.8) is 0 Å². The maximum atomic E-state index is 5.45. The Labute approximate surface area is 101 Å². The predicted octanol–water partition coefficient (Wildman–Crippen LogP) is 3.22. The second-order valence-corrected chi connectivity index (χ2v) is 4.60. The topological polar surface area (TPSA) is 27.1 Å². The van der Waals surface area contributed by atoms with Crippen LogP contribution >= 0.6 is 31.9 Å². The van der Waals surface area contributed by atoms with Crippen LogP contribution in [0.4, 0.5) is 0 Å². The van der Waals surface area contributed by atoms with E-state index in [-0.39, 0.29) is 0 Å². The molecule has 0 amide bonds. The molecule has 0 unspecified atom stereocenters. The zero-order chi connectivity index (χ0) is 10.4. The van der Waals surface area contributed by atoms with E-state index in [2.05, 4.69) is 43.9 Å². The van der Waals surface area contributed by atoms with Crippen molar-refractivity contribution in [3.8, 4) is 0 Å². The molecule has 0 aliphatic carbocycles. The second-order valence-electron chi connectivity index (χ2n) is 2.98. The molecule has 0 atom stereocenters. The summed E-state index contributed by atoms with van der Waals surface area (Å²) in [7, 11) is 0. The Kier molecular flexibility index (Phi) is 5.74. The summed E-state index contributed by atoms with van der Waals surface area (Å²) in [4.78, 5) is 0. The average molecular weight is 326 g/mol. The lowest BCUT2D eigenvalue weighted by atomic mass is 10.4. The van der Waals surface area contributed by atoms with Crippen molar-refractivity contribution in [2.45, 2.75) is 26.3 Å². The Morgan fingerprint density at radius 1 is 1.43 bits per heavy atom. The molecule has 1 aromatic heterocycles. The zero-order valence-electron chi connectivity index (χ0n) is 8.17. The number of rotatable bonds is 6. The van der Waals surface area contributed by atoms with Crippen molar-refractivity contribution >= 4 is 31.9 Å². The molecular weight excluding hydrogens is 312 g/mol. The smallest absolute Gasteiger partial charge is 0.129 e. The predicted molar refractivity (Wildman–Crippen MR) is 63.4 cm³/mol. The molecule has 80 valence electrons. The minimum absolute atomic E-state index is 0.715. The van der Waals surface area contributed by atoms with Crippen molar-refractivity contribution in [1.29, 1.82) is 0 Å². The summed E-state index contributed by atoms with van der Waals surface area (Å²) in [5.41, 5.74) is 0. The van der Waals surface area contributed by atoms with Crippen molar-refractivity contribution < 1.29 is 4.74 Å². The van der Waals surface area contributed by atoms with E-state index in [4.69, 9.17) is 4.74 Å². The van der Waals surface area contributed by atoms with Crippen molar-refractivity contribution in [1.82, 2.24) is 9.78 Å². The highest BCUT2D eigenvalue weighted by Crippen LogP contribution is 2.15. The standard InChI is InChI=1S/C9H14Br2N2O/c1-2-3-5-14-6-4-13-9(11)7-8(10)12-13/h7H,2-6H2,1H3. The van der Waals surface area contributed by atoms with Crippen LogP contribution in [0.1, 0.15) is 19.8 Å². The molecule has 0 saturated carbocycles. The third-order valence-electron chi connectivity index (χ3n) is 1.79. The molecule has 0 aliphatic heterocycles. The van der Waals surface area contributed by atoms with Gasteiger partial charge in [-0.2, -0.15) is 5.10 Å². The third-order valence-corrected chi connectivity index (χ3v) is 2.82. The highest BCUT2D eigenvalue weighted by Gasteiger charge is 2.01. The highest BCUT2D eigenvalue weighted by atomic mass is 79.9. The number of aromatic nitrogens is 2. The van der Waals surface area contributed by atoms with Gasteiger partial charge in [0, 0.05) is 12.7 Å². The number of nitrogens with zero attached hydrogens (tertiary/aromatic N) is 2. The normalized spacial score (nSPS) is 10.8. The summed E-state index contributed by atoms with van der Waals surface area (Å²) < 4.78 is 9.14. The molecule has 5 heteroatoms. The van der Waals surface area contributed by atoms with Crippen molar-refractivity contribution in [3.05, 3.63) is 15.3 Å². The van der Waals surface area contributed by atoms with Gasteiger partial charge >= 0.3 is 0 Å². The molecule has 0 bridgehead atoms. The summed E-state index contributed by atoms with van der Waals surface area (Å²) in [6.45, 7) is 4.50. The molecule has 1 heterocycles. The molecular formula is C9H14Br2N2O. The minimum Gasteiger partial charge on any atom is -0.380 e. The monoisotopic (exact) mass is 324 g/mol. The van der Waals surface area contributed by atoms with Crippen LogP contribution in [0.25, 0.3) is 0 Å². The zero-order valence-corrected chi connectivity index (χ0v) is 11.3. The fourth-order valence-electron chi connectivity index (χ4n) is 1.02. The Bertz CT molecular complexity index is 276. The largest absolute Gasteiger partial charge is 0.380 e. The van der Waals surface area contributed by atoms with Crippen LogP contribution in [-0.4, -0.2) is 23.0 Å². The molecule has 0 fully saturated rings. The molecule has 14 heavy (non-hydrogen) atoms. The van der Waals surface area contributed by atoms with Crippen LogP contribution in [0.2, 0.25) is 0 Å². The molecule has 3 nitrogen and oxygen atoms in total. The molecule has 0 spiro atoms. The van der Waals surface area contributed by atoms with Crippen molar-refractivity contribution in [2.24, 2.45) is 0 Å². The Morgan fingerprint density at radius 3 is 2.79 bits per heavy atom. The molecule has 0 aliphatic rings. The Hall–Kier alpha value is 0.130. The van der Waals surface area contributed by atoms with E-state index in [9.17, 15) is 0 Å². The van der Waals surface area contributed by atoms with Gasteiger partial charge < -0.3 is 4.74 Å². The number of unbranched alkanes of at least 4 members (excludes halogenated alkanes) is 1. The third kappa shape index (κ3) is 4.11. The van der Waals surface area contributed by atoms with Gasteiger partial charge in [-0.1, -0.05) is 13.3 Å². The van der Waals surface area contributed by atoms with Crippen molar-refractivity contribution in [2.75, 3.05) is 13.2 Å². The van der Waals surface area contributed by atoms with E-state index in [0.29, 0.717) is 6.61 Å². The molecule has 1 rings (SSSR count). The van der Waals surface area contributed by atoms with Crippen LogP contribution in [0.3, 0.4) is 0 Å². The summed E-state index contributed by atoms with van der Waals surface area (Å²) >= 11 is 6.73. The van der Waals surface area contributed by atoms with E-state index in [1.54, 1.807) is 0 Å². The average Bonchev–Trinajstić information content (AvgIpc) is 2.45. The van der Waals surface area contributed by atoms with E-state index < -0.39 is 0 Å². The summed E-state index contributed by atoms with van der Waals surface area (Å²) in [5, 5.41) is 4.23. The van der Waals surface area contributed by atoms with Gasteiger partial charge in [-0.3, -0.25) is 4.68 Å². The number of halogens is 2. The lowest BCUT2D eigenvalue weighted by Crippen LogP contribution is -2.08. The van der Waals surface area contributed by atoms with Crippen LogP contribution in [-0.2, 0) is 11.3 Å². The fourth-order valence-corrected chi connectivity index (χ4v) is 2.21. The highest BCUT2D eigenvalue weighted by molar-refractivity contribution is 9.11. The van der Waals surface area contributed by atoms with E-state index in [1.165, 1.54) is 6.42 Å². The van der Waals surface area contributed by atoms with Gasteiger partial charge in [0.05, 0.1) is 13.2 Å². The first kappa shape index (κ1) is 12.2. The van der Waals surface area contributed by atoms with Gasteiger partial charge in [0.15, 0.2) is 0 Å². The van der Waals surface area contributed by atoms with Gasteiger partial charge in [-0.05, 0) is 38.3 Å². The summed E-state index contributed by atoms with van der Waals surface area (Å²) in [6, 6.07) is 1.92. The minimum atomic E-state index is 0.715. The van der Waals surface area contributed by atoms with Gasteiger partial charge in [0.1, 0.15) is 9.21 Å². The maximum absolute atomic E-state index is 5.45. The van der Waals surface area contributed by atoms with E-state index in [1.807, 2.05) is 10.7 Å². The number of hydrogen-bond donors (Lipinski definition) is 0. The molecule has 0 aromatic carbocycles. The van der Waals surface area contributed by atoms with Crippen LogP contribution < -0.4 is 0 Å². The molecule has 1 aromatic rings. The van der Waals surface area contributed by atoms with Gasteiger partial charge in [0.25, 0.3) is 0 Å². The van der Waals surface area contributed by atoms with Crippen LogP contribution in [0.15, 0.2) is 15.3 Å². The summed E-state index contributed by atoms with van der Waals surface area (Å²) in [6.07, 6.45) is 2.31. The van der Waals surface area contributed by atoms with Gasteiger partial charge in [-0.15, -0.1) is 0 Å². The first-order chi connectivity index (χ1) is 6.74. The quantitative estimate of drug-likeness (QED) is 0.751. The van der Waals surface area contributed by atoms with Gasteiger partial charge in [-0.25, -0.2) is 0 Å². The second kappa shape index (κ2) is 6.58. The van der Waals surface area contributed by atoms with Crippen LogP contribution in [0.5, 0.6) is 0 Å². The maximum Gasteiger partial charge on any atom is 0.129 e. The number of ether oxygens (including phenoxy) is 1. The van der Waals surface area contributed by atoms with Gasteiger partial charge in [0.2, 0.25) is 0 Å². The Balaban J connectivity index is 2.21. The van der Waals surface area contributed by atoms with Crippen LogP contribution in [0, 0.1) is 0 Å².